The SMILES string of the molecule is CC(C)(C)c1cc2n(c1)CCN(C(C)(C)C)C2=O.COC[C@H]1Cn2cc(C(C)(C)C)cc2C(=O)N1C(C)(C)C. The second-order valence-electron chi connectivity index (χ2n) is 15.2. The van der Waals surface area contributed by atoms with Crippen molar-refractivity contribution in [3.63, 3.8) is 0 Å². The Morgan fingerprint density at radius 2 is 1.21 bits per heavy atom. The van der Waals surface area contributed by atoms with E-state index < -0.39 is 0 Å². The molecule has 0 aliphatic carbocycles. The normalized spacial score (nSPS) is 18.5. The topological polar surface area (TPSA) is 59.7 Å². The lowest BCUT2D eigenvalue weighted by atomic mass is 9.89. The maximum Gasteiger partial charge on any atom is 0.271 e. The number of hydrogen-bond donors (Lipinski definition) is 0. The lowest BCUT2D eigenvalue weighted by molar-refractivity contribution is 0.0108. The number of amides is 2. The minimum atomic E-state index is -0.211. The van der Waals surface area contributed by atoms with Crippen molar-refractivity contribution in [3.8, 4) is 0 Å². The van der Waals surface area contributed by atoms with Gasteiger partial charge >= 0.3 is 0 Å². The Morgan fingerprint density at radius 1 is 0.718 bits per heavy atom. The molecule has 0 bridgehead atoms. The van der Waals surface area contributed by atoms with Crippen LogP contribution in [0.5, 0.6) is 0 Å². The van der Waals surface area contributed by atoms with Crippen molar-refractivity contribution in [2.75, 3.05) is 20.3 Å². The van der Waals surface area contributed by atoms with E-state index in [1.54, 1.807) is 7.11 Å². The number of carbonyl (C=O) groups excluding carboxylic acids is 2. The van der Waals surface area contributed by atoms with Crippen LogP contribution < -0.4 is 0 Å². The molecule has 0 saturated carbocycles. The lowest BCUT2D eigenvalue weighted by Gasteiger charge is -2.44. The first-order valence-electron chi connectivity index (χ1n) is 14.2. The summed E-state index contributed by atoms with van der Waals surface area (Å²) >= 11 is 0. The van der Waals surface area contributed by atoms with Crippen LogP contribution in [-0.2, 0) is 28.7 Å². The average Bonchev–Trinajstić information content (AvgIpc) is 3.38. The highest BCUT2D eigenvalue weighted by Crippen LogP contribution is 2.32. The van der Waals surface area contributed by atoms with Gasteiger partial charge in [0.05, 0.1) is 12.6 Å². The summed E-state index contributed by atoms with van der Waals surface area (Å²) in [6.45, 7) is 28.6. The van der Waals surface area contributed by atoms with Crippen LogP contribution in [0.4, 0.5) is 0 Å². The van der Waals surface area contributed by atoms with E-state index in [0.717, 1.165) is 31.0 Å². The predicted molar refractivity (Wildman–Crippen MR) is 159 cm³/mol. The van der Waals surface area contributed by atoms with Gasteiger partial charge in [-0.15, -0.1) is 0 Å². The molecule has 2 aromatic rings. The van der Waals surface area contributed by atoms with Crippen LogP contribution in [0.15, 0.2) is 24.5 Å². The van der Waals surface area contributed by atoms with Crippen molar-refractivity contribution in [3.05, 3.63) is 47.0 Å². The molecule has 2 aromatic heterocycles. The first-order chi connectivity index (χ1) is 17.7. The van der Waals surface area contributed by atoms with Crippen molar-refractivity contribution in [2.24, 2.45) is 0 Å². The molecule has 0 fully saturated rings. The molecule has 0 N–H and O–H groups in total. The number of aromatic nitrogens is 2. The highest BCUT2D eigenvalue weighted by atomic mass is 16.5. The second-order valence-corrected chi connectivity index (χ2v) is 15.2. The zero-order chi connectivity index (χ0) is 29.7. The van der Waals surface area contributed by atoms with Crippen molar-refractivity contribution >= 4 is 11.8 Å². The van der Waals surface area contributed by atoms with Crippen LogP contribution in [0, 0.1) is 0 Å². The lowest BCUT2D eigenvalue weighted by Crippen LogP contribution is -2.57. The summed E-state index contributed by atoms with van der Waals surface area (Å²) in [7, 11) is 1.69. The molecule has 7 heteroatoms. The Hall–Kier alpha value is -2.54. The van der Waals surface area contributed by atoms with Crippen LogP contribution >= 0.6 is 0 Å². The number of methoxy groups -OCH3 is 1. The molecule has 7 nitrogen and oxygen atoms in total. The summed E-state index contributed by atoms with van der Waals surface area (Å²) in [5, 5.41) is 0. The van der Waals surface area contributed by atoms with Crippen LogP contribution in [0.2, 0.25) is 0 Å². The summed E-state index contributed by atoms with van der Waals surface area (Å²) < 4.78 is 9.53. The highest BCUT2D eigenvalue weighted by Gasteiger charge is 2.40. The smallest absolute Gasteiger partial charge is 0.271 e. The van der Waals surface area contributed by atoms with E-state index in [0.29, 0.717) is 6.61 Å². The fourth-order valence-electron chi connectivity index (χ4n) is 5.39. The third kappa shape index (κ3) is 6.62. The third-order valence-electron chi connectivity index (χ3n) is 7.66. The molecule has 2 aliphatic rings. The van der Waals surface area contributed by atoms with Gasteiger partial charge in [0.25, 0.3) is 11.8 Å². The van der Waals surface area contributed by atoms with Gasteiger partial charge in [-0.2, -0.15) is 0 Å². The first kappa shape index (κ1) is 31.0. The summed E-state index contributed by atoms with van der Waals surface area (Å²) in [4.78, 5) is 29.4. The number of hydrogen-bond acceptors (Lipinski definition) is 3. The summed E-state index contributed by atoms with van der Waals surface area (Å²) in [5.74, 6) is 0.260. The summed E-state index contributed by atoms with van der Waals surface area (Å²) in [5.41, 5.74) is 3.90. The number of nitrogens with zero attached hydrogens (tertiary/aromatic N) is 4. The first-order valence-corrected chi connectivity index (χ1v) is 14.2. The Kier molecular flexibility index (Phi) is 8.31. The molecule has 0 saturated heterocycles. The molecule has 4 heterocycles. The van der Waals surface area contributed by atoms with Crippen molar-refractivity contribution < 1.29 is 14.3 Å². The van der Waals surface area contributed by atoms with Gasteiger partial charge in [-0.1, -0.05) is 41.5 Å². The van der Waals surface area contributed by atoms with E-state index in [9.17, 15) is 9.59 Å². The van der Waals surface area contributed by atoms with E-state index in [1.165, 1.54) is 11.1 Å². The zero-order valence-electron chi connectivity index (χ0n) is 26.7. The average molecular weight is 541 g/mol. The van der Waals surface area contributed by atoms with E-state index >= 15 is 0 Å². The molecule has 1 atom stereocenters. The molecule has 0 unspecified atom stereocenters. The molecule has 0 aromatic carbocycles. The maximum atomic E-state index is 12.9. The fourth-order valence-corrected chi connectivity index (χ4v) is 5.39. The third-order valence-corrected chi connectivity index (χ3v) is 7.66. The largest absolute Gasteiger partial charge is 0.382 e. The molecular formula is C32H52N4O3. The van der Waals surface area contributed by atoms with Gasteiger partial charge in [0.1, 0.15) is 11.4 Å². The number of ether oxygens (including phenoxy) is 1. The standard InChI is InChI=1S/C17H28N2O2.C15H24N2O/c1-16(2,3)12-8-14-15(20)19(17(4,5)6)13(11-21-7)10-18(14)9-12;1-14(2,3)11-9-12-13(18)17(15(4,5)6)8-7-16(12)10-11/h8-9,13H,10-11H2,1-7H3;9-10H,7-8H2,1-6H3/t13-;/m1./s1. The minimum absolute atomic E-state index is 0.0495. The van der Waals surface area contributed by atoms with E-state index in [2.05, 4.69) is 111 Å². The van der Waals surface area contributed by atoms with Crippen LogP contribution in [0.1, 0.15) is 115 Å². The van der Waals surface area contributed by atoms with Gasteiger partial charge in [0, 0.05) is 50.2 Å². The van der Waals surface area contributed by atoms with Gasteiger partial charge in [0.15, 0.2) is 0 Å². The Balaban J connectivity index is 0.000000218. The predicted octanol–water partition coefficient (Wildman–Crippen LogP) is 6.09. The van der Waals surface area contributed by atoms with E-state index in [1.807, 2.05) is 15.9 Å². The maximum absolute atomic E-state index is 12.9. The van der Waals surface area contributed by atoms with Gasteiger partial charge in [-0.05, 0) is 75.6 Å². The molecular weight excluding hydrogens is 488 g/mol. The van der Waals surface area contributed by atoms with Gasteiger partial charge in [0.2, 0.25) is 0 Å². The minimum Gasteiger partial charge on any atom is -0.382 e. The Morgan fingerprint density at radius 3 is 1.64 bits per heavy atom. The summed E-state index contributed by atoms with van der Waals surface area (Å²) in [6.07, 6.45) is 4.25. The molecule has 2 amide bonds. The van der Waals surface area contributed by atoms with Crippen molar-refractivity contribution in [1.29, 1.82) is 0 Å². The molecule has 218 valence electrons. The van der Waals surface area contributed by atoms with Gasteiger partial charge < -0.3 is 23.7 Å². The van der Waals surface area contributed by atoms with E-state index in [-0.39, 0.29) is 39.8 Å². The van der Waals surface area contributed by atoms with Crippen LogP contribution in [-0.4, -0.2) is 68.1 Å². The number of carbonyl (C=O) groups is 2. The van der Waals surface area contributed by atoms with E-state index in [4.69, 9.17) is 4.74 Å². The molecule has 2 aliphatic heterocycles. The molecule has 0 spiro atoms. The molecule has 39 heavy (non-hydrogen) atoms. The Labute approximate surface area is 236 Å². The summed E-state index contributed by atoms with van der Waals surface area (Å²) in [6, 6.07) is 4.18. The second kappa shape index (κ2) is 10.5. The highest BCUT2D eigenvalue weighted by molar-refractivity contribution is 5.95. The van der Waals surface area contributed by atoms with Crippen molar-refractivity contribution in [1.82, 2.24) is 18.9 Å². The molecule has 4 rings (SSSR count). The zero-order valence-corrected chi connectivity index (χ0v) is 26.7. The van der Waals surface area contributed by atoms with Gasteiger partial charge in [-0.3, -0.25) is 9.59 Å². The molecule has 0 radical (unpaired) electrons. The number of rotatable bonds is 2. The fraction of sp³-hybridized carbons (Fsp3) is 0.688. The monoisotopic (exact) mass is 540 g/mol. The Bertz CT molecular complexity index is 1190. The van der Waals surface area contributed by atoms with Crippen LogP contribution in [0.25, 0.3) is 0 Å². The quantitative estimate of drug-likeness (QED) is 0.463. The van der Waals surface area contributed by atoms with Crippen molar-refractivity contribution in [2.45, 2.75) is 124 Å². The van der Waals surface area contributed by atoms with Gasteiger partial charge in [-0.25, -0.2) is 0 Å². The number of fused-ring (bicyclic) bond motifs is 2. The van der Waals surface area contributed by atoms with Crippen LogP contribution in [0.3, 0.4) is 0 Å².